The first-order chi connectivity index (χ1) is 11.3. The number of likely N-dealkylation sites (tertiary alicyclic amines) is 1. The summed E-state index contributed by atoms with van der Waals surface area (Å²) in [6.07, 6.45) is -9.95. The van der Waals surface area contributed by atoms with E-state index in [1.165, 1.54) is 0 Å². The van der Waals surface area contributed by atoms with Crippen LogP contribution >= 0.6 is 0 Å². The van der Waals surface area contributed by atoms with Gasteiger partial charge in [-0.05, 0) is 24.6 Å². The molecule has 2 heterocycles. The molecule has 0 aliphatic carbocycles. The number of carbonyl (C=O) groups excluding carboxylic acids is 1. The van der Waals surface area contributed by atoms with Gasteiger partial charge in [0.25, 0.3) is 5.91 Å². The zero-order valence-electron chi connectivity index (χ0n) is 12.4. The van der Waals surface area contributed by atoms with Crippen molar-refractivity contribution in [2.45, 2.75) is 30.1 Å². The molecule has 2 fully saturated rings. The molecule has 0 N–H and O–H groups in total. The van der Waals surface area contributed by atoms with Crippen LogP contribution in [0.5, 0.6) is 0 Å². The number of benzene rings is 1. The van der Waals surface area contributed by atoms with E-state index in [0.717, 1.165) is 4.90 Å². The van der Waals surface area contributed by atoms with Crippen LogP contribution in [-0.2, 0) is 22.2 Å². The summed E-state index contributed by atoms with van der Waals surface area (Å²) in [6, 6.07) is -0.0561. The van der Waals surface area contributed by atoms with Gasteiger partial charge >= 0.3 is 12.4 Å². The molecule has 4 nitrogen and oxygen atoms in total. The summed E-state index contributed by atoms with van der Waals surface area (Å²) in [6.45, 7) is -0.219. The van der Waals surface area contributed by atoms with E-state index in [4.69, 9.17) is 0 Å². The minimum Gasteiger partial charge on any atom is -0.333 e. The van der Waals surface area contributed by atoms with Crippen molar-refractivity contribution in [2.24, 2.45) is 0 Å². The lowest BCUT2D eigenvalue weighted by Crippen LogP contribution is -2.44. The Labute approximate surface area is 138 Å². The van der Waals surface area contributed by atoms with E-state index in [9.17, 15) is 39.6 Å². The highest BCUT2D eigenvalue weighted by atomic mass is 32.2. The van der Waals surface area contributed by atoms with Gasteiger partial charge < -0.3 is 4.90 Å². The predicted octanol–water partition coefficient (Wildman–Crippen LogP) is 2.74. The van der Waals surface area contributed by atoms with E-state index in [0.29, 0.717) is 12.1 Å². The first kappa shape index (κ1) is 18.0. The van der Waals surface area contributed by atoms with E-state index in [-0.39, 0.29) is 24.8 Å². The quantitative estimate of drug-likeness (QED) is 0.697. The number of sulfone groups is 1. The van der Waals surface area contributed by atoms with Gasteiger partial charge in [-0.2, -0.15) is 26.3 Å². The first-order valence-corrected chi connectivity index (χ1v) is 8.82. The lowest BCUT2D eigenvalue weighted by atomic mass is 10.0. The van der Waals surface area contributed by atoms with Gasteiger partial charge in [-0.1, -0.05) is 0 Å². The minimum atomic E-state index is -5.05. The third-order valence-corrected chi connectivity index (χ3v) is 6.61. The maximum atomic E-state index is 12.9. The van der Waals surface area contributed by atoms with Gasteiger partial charge in [0.2, 0.25) is 0 Å². The molecule has 2 aliphatic rings. The summed E-state index contributed by atoms with van der Waals surface area (Å²) >= 11 is 0. The number of alkyl halides is 6. The summed E-state index contributed by atoms with van der Waals surface area (Å²) in [7, 11) is -3.35. The zero-order chi connectivity index (χ0) is 18.8. The van der Waals surface area contributed by atoms with E-state index < -0.39 is 56.1 Å². The van der Waals surface area contributed by atoms with Crippen molar-refractivity contribution in [3.05, 3.63) is 34.9 Å². The van der Waals surface area contributed by atoms with Gasteiger partial charge in [0.1, 0.15) is 0 Å². The van der Waals surface area contributed by atoms with Crippen molar-refractivity contribution in [1.29, 1.82) is 0 Å². The molecule has 3 rings (SSSR count). The summed E-state index contributed by atoms with van der Waals surface area (Å²) in [5.41, 5.74) is -3.92. The summed E-state index contributed by atoms with van der Waals surface area (Å²) in [5, 5.41) is -0.811. The number of rotatable bonds is 1. The van der Waals surface area contributed by atoms with Crippen LogP contribution in [0.2, 0.25) is 0 Å². The zero-order valence-corrected chi connectivity index (χ0v) is 13.2. The Bertz CT molecular complexity index is 798. The Balaban J connectivity index is 1.98. The second kappa shape index (κ2) is 5.36. The third kappa shape index (κ3) is 3.21. The van der Waals surface area contributed by atoms with Crippen molar-refractivity contribution in [1.82, 2.24) is 4.90 Å². The lowest BCUT2D eigenvalue weighted by molar-refractivity contribution is -0.143. The molecule has 11 heteroatoms. The average Bonchev–Trinajstić information content (AvgIpc) is 3.00. The van der Waals surface area contributed by atoms with Crippen molar-refractivity contribution in [3.8, 4) is 0 Å². The number of carbonyl (C=O) groups is 1. The molecule has 2 aliphatic heterocycles. The number of halogens is 6. The van der Waals surface area contributed by atoms with Gasteiger partial charge in [0, 0.05) is 18.2 Å². The highest BCUT2D eigenvalue weighted by Gasteiger charge is 2.50. The Morgan fingerprint density at radius 2 is 1.52 bits per heavy atom. The van der Waals surface area contributed by atoms with E-state index in [1.807, 2.05) is 0 Å². The van der Waals surface area contributed by atoms with Crippen molar-refractivity contribution < 1.29 is 39.6 Å². The number of nitrogens with zero attached hydrogens (tertiary/aromatic N) is 1. The molecule has 2 bridgehead atoms. The molecule has 25 heavy (non-hydrogen) atoms. The number of amides is 1. The van der Waals surface area contributed by atoms with Crippen LogP contribution in [0.1, 0.15) is 27.9 Å². The SMILES string of the molecule is O=C(c1cc(C(F)(F)F)cc(C(F)(F)F)c1)N1CC2CC1CS2(=O)=O. The van der Waals surface area contributed by atoms with Crippen LogP contribution < -0.4 is 0 Å². The molecule has 0 radical (unpaired) electrons. The number of fused-ring (bicyclic) bond motifs is 2. The molecule has 0 saturated carbocycles. The van der Waals surface area contributed by atoms with Gasteiger partial charge in [-0.15, -0.1) is 0 Å². The monoisotopic (exact) mass is 387 g/mol. The predicted molar refractivity (Wildman–Crippen MR) is 73.5 cm³/mol. The summed E-state index contributed by atoms with van der Waals surface area (Å²) < 4.78 is 100. The van der Waals surface area contributed by atoms with Gasteiger partial charge in [0.15, 0.2) is 9.84 Å². The van der Waals surface area contributed by atoms with Crippen molar-refractivity contribution >= 4 is 15.7 Å². The molecule has 0 spiro atoms. The molecule has 2 unspecified atom stereocenters. The Kier molecular flexibility index (Phi) is 3.86. The smallest absolute Gasteiger partial charge is 0.333 e. The van der Waals surface area contributed by atoms with Crippen LogP contribution in [-0.4, -0.2) is 42.8 Å². The second-order valence-electron chi connectivity index (χ2n) is 6.09. The first-order valence-electron chi connectivity index (χ1n) is 7.11. The number of hydrogen-bond acceptors (Lipinski definition) is 3. The fourth-order valence-corrected chi connectivity index (χ4v) is 5.22. The molecular weight excluding hydrogens is 376 g/mol. The Morgan fingerprint density at radius 3 is 1.88 bits per heavy atom. The number of hydrogen-bond donors (Lipinski definition) is 0. The normalized spacial score (nSPS) is 25.4. The topological polar surface area (TPSA) is 54.5 Å². The van der Waals surface area contributed by atoms with Crippen LogP contribution in [0.3, 0.4) is 0 Å². The maximum Gasteiger partial charge on any atom is 0.416 e. The van der Waals surface area contributed by atoms with Crippen LogP contribution in [0.25, 0.3) is 0 Å². The van der Waals surface area contributed by atoms with Gasteiger partial charge in [-0.3, -0.25) is 4.79 Å². The summed E-state index contributed by atoms with van der Waals surface area (Å²) in [4.78, 5) is 13.4. The molecular formula is C14H11F6NO3S. The van der Waals surface area contributed by atoms with Crippen molar-refractivity contribution in [2.75, 3.05) is 12.3 Å². The maximum absolute atomic E-state index is 12.9. The Hall–Kier alpha value is -1.78. The standard InChI is InChI=1S/C14H11F6NO3S/c15-13(16,17)8-1-7(2-9(3-8)14(18,19)20)12(22)21-5-11-4-10(21)6-25(11,23)24/h1-3,10-11H,4-6H2. The van der Waals surface area contributed by atoms with Crippen LogP contribution in [0.4, 0.5) is 26.3 Å². The van der Waals surface area contributed by atoms with E-state index in [2.05, 4.69) is 0 Å². The molecule has 2 atom stereocenters. The molecule has 1 amide bonds. The molecule has 2 saturated heterocycles. The second-order valence-corrected chi connectivity index (χ2v) is 8.42. The average molecular weight is 387 g/mol. The lowest BCUT2D eigenvalue weighted by Gasteiger charge is -2.27. The molecule has 0 aromatic heterocycles. The van der Waals surface area contributed by atoms with Gasteiger partial charge in [-0.25, -0.2) is 8.42 Å². The third-order valence-electron chi connectivity index (χ3n) is 4.40. The fraction of sp³-hybridized carbons (Fsp3) is 0.500. The fourth-order valence-electron chi connectivity index (χ4n) is 3.19. The van der Waals surface area contributed by atoms with Crippen LogP contribution in [0, 0.1) is 0 Å². The summed E-state index contributed by atoms with van der Waals surface area (Å²) in [5.74, 6) is -1.35. The molecule has 138 valence electrons. The highest BCUT2D eigenvalue weighted by molar-refractivity contribution is 7.92. The largest absolute Gasteiger partial charge is 0.416 e. The molecule has 1 aromatic rings. The van der Waals surface area contributed by atoms with E-state index in [1.54, 1.807) is 0 Å². The minimum absolute atomic E-state index is 0.0582. The van der Waals surface area contributed by atoms with E-state index >= 15 is 0 Å². The highest BCUT2D eigenvalue weighted by Crippen LogP contribution is 2.38. The van der Waals surface area contributed by atoms with Crippen LogP contribution in [0.15, 0.2) is 18.2 Å². The van der Waals surface area contributed by atoms with Gasteiger partial charge in [0.05, 0.1) is 22.1 Å². The van der Waals surface area contributed by atoms with Crippen molar-refractivity contribution in [3.63, 3.8) is 0 Å². The Morgan fingerprint density at radius 1 is 1.00 bits per heavy atom. The molecule has 1 aromatic carbocycles.